The summed E-state index contributed by atoms with van der Waals surface area (Å²) in [5.74, 6) is 1.84. The molecule has 0 spiro atoms. The van der Waals surface area contributed by atoms with Gasteiger partial charge in [0.1, 0.15) is 19.0 Å². The lowest BCUT2D eigenvalue weighted by molar-refractivity contribution is 0.171. The Morgan fingerprint density at radius 1 is 1.03 bits per heavy atom. The van der Waals surface area contributed by atoms with E-state index in [0.29, 0.717) is 62.6 Å². The fraction of sp³-hybridized carbons (Fsp3) is 0.381. The summed E-state index contributed by atoms with van der Waals surface area (Å²) in [7, 11) is -3.62. The second-order valence-corrected chi connectivity index (χ2v) is 9.41. The first-order chi connectivity index (χ1) is 15.0. The Labute approximate surface area is 187 Å². The van der Waals surface area contributed by atoms with Crippen molar-refractivity contribution in [3.8, 4) is 17.2 Å². The van der Waals surface area contributed by atoms with Crippen molar-refractivity contribution >= 4 is 33.0 Å². The van der Waals surface area contributed by atoms with Gasteiger partial charge < -0.3 is 24.4 Å². The summed E-state index contributed by atoms with van der Waals surface area (Å²) in [6.07, 6.45) is 0. The van der Waals surface area contributed by atoms with E-state index in [1.165, 1.54) is 10.4 Å². The van der Waals surface area contributed by atoms with E-state index in [9.17, 15) is 8.42 Å². The number of anilines is 1. The summed E-state index contributed by atoms with van der Waals surface area (Å²) in [4.78, 5) is 2.18. The minimum Gasteiger partial charge on any atom is -0.494 e. The van der Waals surface area contributed by atoms with Crippen LogP contribution in [0.4, 0.5) is 5.69 Å². The van der Waals surface area contributed by atoms with Gasteiger partial charge in [0.05, 0.1) is 11.5 Å². The van der Waals surface area contributed by atoms with Crippen LogP contribution in [0.25, 0.3) is 0 Å². The number of thiocarbonyl (C=S) groups is 1. The average Bonchev–Trinajstić information content (AvgIpc) is 2.80. The molecule has 1 N–H and O–H groups in total. The van der Waals surface area contributed by atoms with Crippen LogP contribution in [-0.2, 0) is 10.0 Å². The Kier molecular flexibility index (Phi) is 6.49. The van der Waals surface area contributed by atoms with E-state index >= 15 is 0 Å². The molecule has 1 saturated heterocycles. The highest BCUT2D eigenvalue weighted by atomic mass is 32.2. The lowest BCUT2D eigenvalue weighted by Gasteiger charge is -2.35. The van der Waals surface area contributed by atoms with Crippen molar-refractivity contribution in [2.24, 2.45) is 0 Å². The van der Waals surface area contributed by atoms with Gasteiger partial charge in [0, 0.05) is 37.9 Å². The van der Waals surface area contributed by atoms with Crippen molar-refractivity contribution in [2.45, 2.75) is 11.8 Å². The van der Waals surface area contributed by atoms with Crippen molar-refractivity contribution < 1.29 is 22.6 Å². The second kappa shape index (κ2) is 9.29. The van der Waals surface area contributed by atoms with Crippen molar-refractivity contribution in [3.05, 3.63) is 42.5 Å². The Morgan fingerprint density at radius 2 is 1.71 bits per heavy atom. The van der Waals surface area contributed by atoms with E-state index in [1.54, 1.807) is 12.1 Å². The number of hydrogen-bond acceptors (Lipinski definition) is 6. The van der Waals surface area contributed by atoms with Crippen molar-refractivity contribution in [1.82, 2.24) is 9.21 Å². The fourth-order valence-electron chi connectivity index (χ4n) is 3.47. The van der Waals surface area contributed by atoms with Gasteiger partial charge in [0.2, 0.25) is 10.0 Å². The molecule has 2 aromatic rings. The molecule has 31 heavy (non-hydrogen) atoms. The van der Waals surface area contributed by atoms with Crippen LogP contribution >= 0.6 is 12.2 Å². The van der Waals surface area contributed by atoms with Crippen LogP contribution in [0, 0.1) is 0 Å². The molecule has 0 bridgehead atoms. The van der Waals surface area contributed by atoms with Crippen LogP contribution in [0.5, 0.6) is 17.2 Å². The molecule has 2 aromatic carbocycles. The number of piperazine rings is 1. The first kappa shape index (κ1) is 21.7. The number of fused-ring (bicyclic) bond motifs is 1. The zero-order valence-electron chi connectivity index (χ0n) is 17.2. The molecule has 0 aliphatic carbocycles. The molecule has 0 radical (unpaired) electrons. The van der Waals surface area contributed by atoms with E-state index in [2.05, 4.69) is 5.32 Å². The Balaban J connectivity index is 1.36. The van der Waals surface area contributed by atoms with Crippen molar-refractivity contribution in [1.29, 1.82) is 0 Å². The maximum Gasteiger partial charge on any atom is 0.243 e. The second-order valence-electron chi connectivity index (χ2n) is 7.08. The number of nitrogens with one attached hydrogen (secondary N) is 1. The minimum absolute atomic E-state index is 0.209. The summed E-state index contributed by atoms with van der Waals surface area (Å²) in [5.41, 5.74) is 0.861. The van der Waals surface area contributed by atoms with Gasteiger partial charge in [-0.3, -0.25) is 0 Å². The number of benzene rings is 2. The quantitative estimate of drug-likeness (QED) is 0.678. The molecule has 166 valence electrons. The molecule has 2 aliphatic heterocycles. The predicted octanol–water partition coefficient (Wildman–Crippen LogP) is 2.56. The van der Waals surface area contributed by atoms with Crippen LogP contribution < -0.4 is 19.5 Å². The van der Waals surface area contributed by atoms with Gasteiger partial charge in [-0.05, 0) is 55.5 Å². The molecule has 1 fully saturated rings. The number of rotatable bonds is 5. The van der Waals surface area contributed by atoms with Crippen molar-refractivity contribution in [2.75, 3.05) is 51.3 Å². The molecule has 4 rings (SSSR count). The third-order valence-corrected chi connectivity index (χ3v) is 7.35. The minimum atomic E-state index is -3.62. The normalized spacial score (nSPS) is 16.6. The average molecular weight is 464 g/mol. The maximum absolute atomic E-state index is 13.1. The summed E-state index contributed by atoms with van der Waals surface area (Å²) >= 11 is 5.52. The van der Waals surface area contributed by atoms with E-state index < -0.39 is 10.0 Å². The van der Waals surface area contributed by atoms with E-state index in [0.717, 1.165) is 11.4 Å². The smallest absolute Gasteiger partial charge is 0.243 e. The first-order valence-electron chi connectivity index (χ1n) is 10.2. The zero-order valence-corrected chi connectivity index (χ0v) is 18.9. The molecular weight excluding hydrogens is 438 g/mol. The SMILES string of the molecule is CCOc1ccc(NC(=S)N2CCN(S(=O)(=O)c3ccc4c(c3)OCCO4)CC2)cc1. The monoisotopic (exact) mass is 463 g/mol. The molecule has 2 heterocycles. The van der Waals surface area contributed by atoms with Gasteiger partial charge in [-0.25, -0.2) is 8.42 Å². The lowest BCUT2D eigenvalue weighted by Crippen LogP contribution is -2.51. The third-order valence-electron chi connectivity index (χ3n) is 5.09. The van der Waals surface area contributed by atoms with Gasteiger partial charge in [-0.1, -0.05) is 0 Å². The Morgan fingerprint density at radius 3 is 2.39 bits per heavy atom. The highest BCUT2D eigenvalue weighted by Gasteiger charge is 2.30. The number of nitrogens with zero attached hydrogens (tertiary/aromatic N) is 2. The molecule has 0 amide bonds. The standard InChI is InChI=1S/C21H25N3O5S2/c1-2-27-17-5-3-16(4-6-17)22-21(30)23-9-11-24(12-10-23)31(25,26)18-7-8-19-20(15-18)29-14-13-28-19/h3-8,15H,2,9-14H2,1H3,(H,22,30). The number of hydrogen-bond donors (Lipinski definition) is 1. The van der Waals surface area contributed by atoms with Gasteiger partial charge >= 0.3 is 0 Å². The van der Waals surface area contributed by atoms with Gasteiger partial charge in [-0.15, -0.1) is 0 Å². The van der Waals surface area contributed by atoms with Crippen LogP contribution in [0.15, 0.2) is 47.4 Å². The highest BCUT2D eigenvalue weighted by molar-refractivity contribution is 7.89. The van der Waals surface area contributed by atoms with E-state index in [4.69, 9.17) is 26.4 Å². The zero-order chi connectivity index (χ0) is 21.8. The topological polar surface area (TPSA) is 80.3 Å². The van der Waals surface area contributed by atoms with Crippen LogP contribution in [-0.4, -0.2) is 68.7 Å². The van der Waals surface area contributed by atoms with Crippen LogP contribution in [0.2, 0.25) is 0 Å². The molecule has 0 atom stereocenters. The van der Waals surface area contributed by atoms with E-state index in [1.807, 2.05) is 36.1 Å². The predicted molar refractivity (Wildman–Crippen MR) is 122 cm³/mol. The molecule has 0 unspecified atom stereocenters. The first-order valence-corrected chi connectivity index (χ1v) is 12.0. The molecule has 8 nitrogen and oxygen atoms in total. The fourth-order valence-corrected chi connectivity index (χ4v) is 5.21. The highest BCUT2D eigenvalue weighted by Crippen LogP contribution is 2.33. The number of ether oxygens (including phenoxy) is 3. The number of sulfonamides is 1. The summed E-state index contributed by atoms with van der Waals surface area (Å²) in [5, 5.41) is 3.77. The Bertz CT molecular complexity index is 1040. The largest absolute Gasteiger partial charge is 0.494 e. The Hall–Kier alpha value is -2.56. The van der Waals surface area contributed by atoms with Gasteiger partial charge in [0.15, 0.2) is 16.6 Å². The van der Waals surface area contributed by atoms with Crippen LogP contribution in [0.3, 0.4) is 0 Å². The third kappa shape index (κ3) is 4.86. The summed E-state index contributed by atoms with van der Waals surface area (Å²) in [6, 6.07) is 12.3. The van der Waals surface area contributed by atoms with Crippen molar-refractivity contribution in [3.63, 3.8) is 0 Å². The van der Waals surface area contributed by atoms with Gasteiger partial charge in [0.25, 0.3) is 0 Å². The molecule has 2 aliphatic rings. The lowest BCUT2D eigenvalue weighted by atomic mass is 10.3. The molecule has 0 aromatic heterocycles. The van der Waals surface area contributed by atoms with E-state index in [-0.39, 0.29) is 4.90 Å². The molecule has 0 saturated carbocycles. The maximum atomic E-state index is 13.1. The summed E-state index contributed by atoms with van der Waals surface area (Å²) in [6.45, 7) is 5.14. The van der Waals surface area contributed by atoms with Crippen LogP contribution in [0.1, 0.15) is 6.92 Å². The molecule has 10 heteroatoms. The van der Waals surface area contributed by atoms with Gasteiger partial charge in [-0.2, -0.15) is 4.31 Å². The summed E-state index contributed by atoms with van der Waals surface area (Å²) < 4.78 is 44.1. The molecular formula is C21H25N3O5S2.